The van der Waals surface area contributed by atoms with Crippen LogP contribution in [0.1, 0.15) is 34.7 Å². The number of hydrogen-bond acceptors (Lipinski definition) is 6. The minimum Gasteiger partial charge on any atom is -0.482 e. The van der Waals surface area contributed by atoms with Crippen LogP contribution in [-0.2, 0) is 23.4 Å². The van der Waals surface area contributed by atoms with E-state index < -0.39 is 18.7 Å². The molecule has 4 rings (SSSR count). The summed E-state index contributed by atoms with van der Waals surface area (Å²) in [7, 11) is 0. The van der Waals surface area contributed by atoms with Gasteiger partial charge in [-0.15, -0.1) is 23.1 Å². The summed E-state index contributed by atoms with van der Waals surface area (Å²) >= 11 is 2.82. The second-order valence-electron chi connectivity index (χ2n) is 7.85. The molecule has 176 valence electrons. The van der Waals surface area contributed by atoms with Crippen LogP contribution in [0.4, 0.5) is 18.9 Å². The van der Waals surface area contributed by atoms with Crippen LogP contribution < -0.4 is 15.6 Å². The lowest BCUT2D eigenvalue weighted by molar-refractivity contribution is -0.153. The van der Waals surface area contributed by atoms with Gasteiger partial charge in [0.15, 0.2) is 6.61 Å². The van der Waals surface area contributed by atoms with E-state index in [0.717, 1.165) is 36.1 Å². The molecule has 0 unspecified atom stereocenters. The van der Waals surface area contributed by atoms with Crippen molar-refractivity contribution in [3.63, 3.8) is 0 Å². The zero-order valence-corrected chi connectivity index (χ0v) is 19.4. The van der Waals surface area contributed by atoms with E-state index in [9.17, 15) is 22.8 Å². The summed E-state index contributed by atoms with van der Waals surface area (Å²) < 4.78 is 42.4. The number of alkyl halides is 3. The molecular formula is C22H22F3N3O3S2. The lowest BCUT2D eigenvalue weighted by atomic mass is 9.97. The Kier molecular flexibility index (Phi) is 6.99. The highest BCUT2D eigenvalue weighted by atomic mass is 32.2. The van der Waals surface area contributed by atoms with Crippen LogP contribution in [0.5, 0.6) is 5.75 Å². The topological polar surface area (TPSA) is 84.1 Å². The fraction of sp³-hybridized carbons (Fsp3) is 0.409. The zero-order valence-electron chi connectivity index (χ0n) is 17.8. The van der Waals surface area contributed by atoms with Crippen LogP contribution in [-0.4, -0.2) is 34.4 Å². The highest BCUT2D eigenvalue weighted by Gasteiger charge is 2.29. The predicted octanol–water partition coefficient (Wildman–Crippen LogP) is 4.98. The van der Waals surface area contributed by atoms with Gasteiger partial charge in [-0.05, 0) is 55.9 Å². The molecule has 2 aromatic heterocycles. The molecule has 2 N–H and O–H groups in total. The van der Waals surface area contributed by atoms with Crippen LogP contribution >= 0.6 is 23.1 Å². The molecule has 33 heavy (non-hydrogen) atoms. The SMILES string of the molecule is Cc1ccc(NC(=O)CSCc2nc3sc4c(c3c(=O)[nH]2)CCCC4)c(OCC(F)(F)F)c1. The number of ether oxygens (including phenoxy) is 1. The van der Waals surface area contributed by atoms with Crippen molar-refractivity contribution in [1.29, 1.82) is 0 Å². The molecular weight excluding hydrogens is 475 g/mol. The minimum absolute atomic E-state index is 0.0370. The van der Waals surface area contributed by atoms with Crippen molar-refractivity contribution in [3.05, 3.63) is 50.4 Å². The number of hydrogen-bond donors (Lipinski definition) is 2. The van der Waals surface area contributed by atoms with E-state index in [0.29, 0.717) is 22.5 Å². The Labute approximate surface area is 195 Å². The Morgan fingerprint density at radius 1 is 1.30 bits per heavy atom. The number of aryl methyl sites for hydroxylation is 3. The van der Waals surface area contributed by atoms with Gasteiger partial charge >= 0.3 is 6.18 Å². The van der Waals surface area contributed by atoms with Gasteiger partial charge in [-0.2, -0.15) is 13.2 Å². The number of thiophene rings is 1. The number of benzene rings is 1. The Bertz CT molecular complexity index is 1240. The number of amides is 1. The van der Waals surface area contributed by atoms with E-state index in [1.165, 1.54) is 28.8 Å². The van der Waals surface area contributed by atoms with Crippen molar-refractivity contribution < 1.29 is 22.7 Å². The number of nitrogens with one attached hydrogen (secondary N) is 2. The molecule has 0 saturated heterocycles. The molecule has 1 aliphatic carbocycles. The fourth-order valence-corrected chi connectivity index (χ4v) is 5.69. The van der Waals surface area contributed by atoms with Gasteiger partial charge in [0.2, 0.25) is 5.91 Å². The first-order valence-corrected chi connectivity index (χ1v) is 12.4. The molecule has 3 aromatic rings. The summed E-state index contributed by atoms with van der Waals surface area (Å²) in [5, 5.41) is 3.28. The van der Waals surface area contributed by atoms with Crippen LogP contribution in [0.3, 0.4) is 0 Å². The number of anilines is 1. The molecule has 0 atom stereocenters. The third-order valence-electron chi connectivity index (χ3n) is 5.15. The Balaban J connectivity index is 1.37. The first-order chi connectivity index (χ1) is 15.7. The Morgan fingerprint density at radius 3 is 2.88 bits per heavy atom. The van der Waals surface area contributed by atoms with Gasteiger partial charge < -0.3 is 15.0 Å². The number of nitrogens with zero attached hydrogens (tertiary/aromatic N) is 1. The van der Waals surface area contributed by atoms with Crippen LogP contribution in [0.2, 0.25) is 0 Å². The third kappa shape index (κ3) is 5.89. The van der Waals surface area contributed by atoms with E-state index in [2.05, 4.69) is 15.3 Å². The average molecular weight is 498 g/mol. The largest absolute Gasteiger partial charge is 0.482 e. The fourth-order valence-electron chi connectivity index (χ4n) is 3.72. The van der Waals surface area contributed by atoms with E-state index in [4.69, 9.17) is 4.74 Å². The average Bonchev–Trinajstić information content (AvgIpc) is 3.12. The molecule has 2 heterocycles. The van der Waals surface area contributed by atoms with Gasteiger partial charge in [0.25, 0.3) is 5.56 Å². The second-order valence-corrected chi connectivity index (χ2v) is 9.92. The monoisotopic (exact) mass is 497 g/mol. The van der Waals surface area contributed by atoms with Crippen molar-refractivity contribution in [2.45, 2.75) is 44.5 Å². The smallest absolute Gasteiger partial charge is 0.422 e. The standard InChI is InChI=1S/C22H22F3N3O3S2/c1-12-6-7-14(15(8-12)31-11-22(23,24)25)26-18(29)10-32-9-17-27-20(30)19-13-4-2-3-5-16(13)33-21(19)28-17/h6-8H,2-5,9-11H2,1H3,(H,26,29)(H,27,28,30). The molecule has 0 saturated carbocycles. The van der Waals surface area contributed by atoms with Crippen molar-refractivity contribution >= 4 is 44.9 Å². The molecule has 0 fully saturated rings. The summed E-state index contributed by atoms with van der Waals surface area (Å²) in [6.45, 7) is 0.276. The molecule has 1 aromatic carbocycles. The summed E-state index contributed by atoms with van der Waals surface area (Å²) in [6.07, 6.45) is -0.391. The normalized spacial score (nSPS) is 13.7. The van der Waals surface area contributed by atoms with Crippen LogP contribution in [0.15, 0.2) is 23.0 Å². The molecule has 0 bridgehead atoms. The maximum absolute atomic E-state index is 12.6. The quantitative estimate of drug-likeness (QED) is 0.481. The lowest BCUT2D eigenvalue weighted by Crippen LogP contribution is -2.21. The molecule has 11 heteroatoms. The third-order valence-corrected chi connectivity index (χ3v) is 7.28. The summed E-state index contributed by atoms with van der Waals surface area (Å²) in [6, 6.07) is 4.63. The van der Waals surface area contributed by atoms with Crippen molar-refractivity contribution in [2.24, 2.45) is 0 Å². The maximum atomic E-state index is 12.6. The Hall–Kier alpha value is -2.53. The number of halogens is 3. The zero-order chi connectivity index (χ0) is 23.6. The molecule has 1 amide bonds. The first kappa shape index (κ1) is 23.6. The van der Waals surface area contributed by atoms with Crippen molar-refractivity contribution in [3.8, 4) is 5.75 Å². The van der Waals surface area contributed by atoms with E-state index in [-0.39, 0.29) is 22.7 Å². The number of carbonyl (C=O) groups is 1. The van der Waals surface area contributed by atoms with E-state index in [1.807, 2.05) is 0 Å². The molecule has 0 radical (unpaired) electrons. The predicted molar refractivity (Wildman–Crippen MR) is 124 cm³/mol. The van der Waals surface area contributed by atoms with Gasteiger partial charge in [0.05, 0.1) is 22.6 Å². The summed E-state index contributed by atoms with van der Waals surface area (Å²) in [5.41, 5.74) is 1.86. The number of carbonyl (C=O) groups excluding carboxylic acids is 1. The lowest BCUT2D eigenvalue weighted by Gasteiger charge is -2.14. The maximum Gasteiger partial charge on any atom is 0.422 e. The number of thioether (sulfide) groups is 1. The number of fused-ring (bicyclic) bond motifs is 3. The van der Waals surface area contributed by atoms with E-state index in [1.54, 1.807) is 24.3 Å². The highest BCUT2D eigenvalue weighted by molar-refractivity contribution is 7.99. The van der Waals surface area contributed by atoms with Gasteiger partial charge in [-0.25, -0.2) is 4.98 Å². The second kappa shape index (κ2) is 9.76. The van der Waals surface area contributed by atoms with Gasteiger partial charge in [-0.1, -0.05) is 6.07 Å². The molecule has 6 nitrogen and oxygen atoms in total. The molecule has 1 aliphatic rings. The van der Waals surface area contributed by atoms with Gasteiger partial charge in [0.1, 0.15) is 16.4 Å². The Morgan fingerprint density at radius 2 is 2.09 bits per heavy atom. The first-order valence-electron chi connectivity index (χ1n) is 10.4. The summed E-state index contributed by atoms with van der Waals surface area (Å²) in [4.78, 5) is 34.3. The number of aromatic nitrogens is 2. The number of aromatic amines is 1. The van der Waals surface area contributed by atoms with E-state index >= 15 is 0 Å². The molecule has 0 spiro atoms. The molecule has 0 aliphatic heterocycles. The number of H-pyrrole nitrogens is 1. The highest BCUT2D eigenvalue weighted by Crippen LogP contribution is 2.33. The summed E-state index contributed by atoms with van der Waals surface area (Å²) in [5.74, 6) is 0.426. The van der Waals surface area contributed by atoms with Gasteiger partial charge in [0, 0.05) is 4.88 Å². The van der Waals surface area contributed by atoms with Crippen LogP contribution in [0, 0.1) is 6.92 Å². The number of rotatable bonds is 7. The minimum atomic E-state index is -4.48. The van der Waals surface area contributed by atoms with Crippen LogP contribution in [0.25, 0.3) is 10.2 Å². The van der Waals surface area contributed by atoms with Crippen molar-refractivity contribution in [1.82, 2.24) is 9.97 Å². The van der Waals surface area contributed by atoms with Gasteiger partial charge in [-0.3, -0.25) is 9.59 Å². The van der Waals surface area contributed by atoms with Crippen molar-refractivity contribution in [2.75, 3.05) is 17.7 Å².